The van der Waals surface area contributed by atoms with Gasteiger partial charge in [0.25, 0.3) is 0 Å². The molecule has 10 rings (SSSR count). The Kier molecular flexibility index (Phi) is 10.3. The lowest BCUT2D eigenvalue weighted by atomic mass is 9.91. The van der Waals surface area contributed by atoms with Crippen LogP contribution in [0.4, 0.5) is 17.1 Å². The summed E-state index contributed by atoms with van der Waals surface area (Å²) in [5, 5.41) is 0. The quantitative estimate of drug-likeness (QED) is 0.139. The van der Waals surface area contributed by atoms with Gasteiger partial charge in [0.05, 0.1) is 5.69 Å². The van der Waals surface area contributed by atoms with Gasteiger partial charge in [-0.05, 0) is 69.8 Å². The normalized spacial score (nSPS) is 11.0. The van der Waals surface area contributed by atoms with Crippen LogP contribution in [0.5, 0.6) is 0 Å². The van der Waals surface area contributed by atoms with E-state index in [2.05, 4.69) is 187 Å². The van der Waals surface area contributed by atoms with Gasteiger partial charge in [-0.1, -0.05) is 206 Å². The van der Waals surface area contributed by atoms with E-state index in [0.29, 0.717) is 17.5 Å². The van der Waals surface area contributed by atoms with Gasteiger partial charge in [0.1, 0.15) is 0 Å². The maximum absolute atomic E-state index is 5.20. The highest BCUT2D eigenvalue weighted by atomic mass is 15.1. The summed E-state index contributed by atoms with van der Waals surface area (Å²) in [6.07, 6.45) is 0. The lowest BCUT2D eigenvalue weighted by molar-refractivity contribution is 1.07. The van der Waals surface area contributed by atoms with E-state index in [1.165, 1.54) is 11.1 Å². The molecule has 0 fully saturated rings. The molecule has 9 aromatic carbocycles. The van der Waals surface area contributed by atoms with Crippen LogP contribution in [0, 0.1) is 0 Å². The summed E-state index contributed by atoms with van der Waals surface area (Å²) in [7, 11) is 0. The Labute approximate surface area is 356 Å². The second-order valence-electron chi connectivity index (χ2n) is 14.9. The third-order valence-electron chi connectivity index (χ3n) is 10.9. The molecule has 4 nitrogen and oxygen atoms in total. The molecule has 0 aliphatic heterocycles. The minimum Gasteiger partial charge on any atom is -0.309 e. The maximum Gasteiger partial charge on any atom is 0.164 e. The number of hydrogen-bond donors (Lipinski definition) is 0. The van der Waals surface area contributed by atoms with Gasteiger partial charge >= 0.3 is 0 Å². The molecule has 0 unspecified atom stereocenters. The first-order chi connectivity index (χ1) is 30.2. The molecule has 0 saturated heterocycles. The van der Waals surface area contributed by atoms with Gasteiger partial charge in [-0.25, -0.2) is 15.0 Å². The van der Waals surface area contributed by atoms with E-state index in [4.69, 9.17) is 15.0 Å². The van der Waals surface area contributed by atoms with Gasteiger partial charge in [-0.2, -0.15) is 0 Å². The van der Waals surface area contributed by atoms with Crippen LogP contribution in [0.25, 0.3) is 78.7 Å². The van der Waals surface area contributed by atoms with Crippen molar-refractivity contribution in [2.75, 3.05) is 4.90 Å². The van der Waals surface area contributed by atoms with Crippen LogP contribution in [-0.4, -0.2) is 15.0 Å². The zero-order chi connectivity index (χ0) is 40.8. The molecule has 0 aliphatic carbocycles. The molecule has 1 heterocycles. The van der Waals surface area contributed by atoms with E-state index in [1.807, 2.05) is 60.7 Å². The molecule has 0 aliphatic rings. The molecule has 0 radical (unpaired) electrons. The van der Waals surface area contributed by atoms with Crippen molar-refractivity contribution in [3.63, 3.8) is 0 Å². The molecule has 0 N–H and O–H groups in total. The number of anilines is 3. The van der Waals surface area contributed by atoms with Crippen LogP contribution in [0.15, 0.2) is 243 Å². The Morgan fingerprint density at radius 3 is 0.820 bits per heavy atom. The van der Waals surface area contributed by atoms with Gasteiger partial charge in [-0.15, -0.1) is 0 Å². The van der Waals surface area contributed by atoms with E-state index < -0.39 is 0 Å². The van der Waals surface area contributed by atoms with E-state index >= 15 is 0 Å². The van der Waals surface area contributed by atoms with Crippen molar-refractivity contribution in [3.05, 3.63) is 243 Å². The molecule has 10 aromatic rings. The van der Waals surface area contributed by atoms with Gasteiger partial charge in [-0.3, -0.25) is 0 Å². The van der Waals surface area contributed by atoms with Gasteiger partial charge in [0.15, 0.2) is 17.5 Å². The highest BCUT2D eigenvalue weighted by molar-refractivity contribution is 6.00. The average molecular weight is 781 g/mol. The zero-order valence-electron chi connectivity index (χ0n) is 33.4. The lowest BCUT2D eigenvalue weighted by Gasteiger charge is -2.31. The van der Waals surface area contributed by atoms with Crippen molar-refractivity contribution in [1.29, 1.82) is 0 Å². The largest absolute Gasteiger partial charge is 0.309 e. The Bertz CT molecular complexity index is 2810. The van der Waals surface area contributed by atoms with Crippen LogP contribution in [-0.2, 0) is 0 Å². The smallest absolute Gasteiger partial charge is 0.164 e. The average Bonchev–Trinajstić information content (AvgIpc) is 3.36. The van der Waals surface area contributed by atoms with E-state index in [1.54, 1.807) is 0 Å². The van der Waals surface area contributed by atoms with Crippen LogP contribution in [0.1, 0.15) is 0 Å². The maximum atomic E-state index is 5.20. The molecule has 0 atom stereocenters. The second-order valence-corrected chi connectivity index (χ2v) is 14.9. The summed E-state index contributed by atoms with van der Waals surface area (Å²) in [4.78, 5) is 17.8. The standard InChI is InChI=1S/C57H40N4/c1-7-19-41(20-8-1)43-31-35-50(36-32-43)61(51-37-33-44(34-38-51)42-21-9-2-10-22-42)54-52(45-23-11-3-12-24-45)39-49(40-53(54)46-25-13-4-14-26-46)57-59-55(47-27-15-5-16-28-47)58-56(60-57)48-29-17-6-18-30-48/h1-40H. The topological polar surface area (TPSA) is 41.9 Å². The zero-order valence-corrected chi connectivity index (χ0v) is 33.4. The van der Waals surface area contributed by atoms with Crippen molar-refractivity contribution in [3.8, 4) is 78.7 Å². The van der Waals surface area contributed by atoms with Crippen LogP contribution < -0.4 is 4.90 Å². The molecule has 288 valence electrons. The molecule has 1 aromatic heterocycles. The fourth-order valence-electron chi connectivity index (χ4n) is 7.89. The molecule has 0 saturated carbocycles. The summed E-state index contributed by atoms with van der Waals surface area (Å²) in [5.41, 5.74) is 14.7. The number of rotatable bonds is 10. The Hall–Kier alpha value is -8.21. The van der Waals surface area contributed by atoms with Gasteiger partial charge in [0.2, 0.25) is 0 Å². The molecular weight excluding hydrogens is 741 g/mol. The van der Waals surface area contributed by atoms with Crippen LogP contribution in [0.2, 0.25) is 0 Å². The number of benzene rings is 9. The number of nitrogens with zero attached hydrogens (tertiary/aromatic N) is 4. The highest BCUT2D eigenvalue weighted by Crippen LogP contribution is 2.49. The molecule has 4 heteroatoms. The first-order valence-corrected chi connectivity index (χ1v) is 20.5. The number of hydrogen-bond acceptors (Lipinski definition) is 4. The van der Waals surface area contributed by atoms with Crippen LogP contribution >= 0.6 is 0 Å². The first kappa shape index (κ1) is 37.1. The summed E-state index contributed by atoms with van der Waals surface area (Å²) in [6.45, 7) is 0. The fraction of sp³-hybridized carbons (Fsp3) is 0. The highest BCUT2D eigenvalue weighted by Gasteiger charge is 2.25. The monoisotopic (exact) mass is 780 g/mol. The van der Waals surface area contributed by atoms with E-state index in [-0.39, 0.29) is 0 Å². The SMILES string of the molecule is c1ccc(-c2ccc(N(c3ccc(-c4ccccc4)cc3)c3c(-c4ccccc4)cc(-c4nc(-c5ccccc5)nc(-c5ccccc5)n4)cc3-c3ccccc3)cc2)cc1. The predicted octanol–water partition coefficient (Wildman–Crippen LogP) is 15.0. The third-order valence-corrected chi connectivity index (χ3v) is 10.9. The summed E-state index contributed by atoms with van der Waals surface area (Å²) in [6, 6.07) is 84.9. The predicted molar refractivity (Wildman–Crippen MR) is 253 cm³/mol. The fourth-order valence-corrected chi connectivity index (χ4v) is 7.89. The molecule has 0 spiro atoms. The number of aromatic nitrogens is 3. The van der Waals surface area contributed by atoms with Crippen molar-refractivity contribution >= 4 is 17.1 Å². The third kappa shape index (κ3) is 7.86. The summed E-state index contributed by atoms with van der Waals surface area (Å²) < 4.78 is 0. The van der Waals surface area contributed by atoms with Gasteiger partial charge in [0, 0.05) is 39.2 Å². The Morgan fingerprint density at radius 2 is 0.492 bits per heavy atom. The van der Waals surface area contributed by atoms with Crippen LogP contribution in [0.3, 0.4) is 0 Å². The second kappa shape index (κ2) is 16.9. The van der Waals surface area contributed by atoms with E-state index in [9.17, 15) is 0 Å². The van der Waals surface area contributed by atoms with Crippen molar-refractivity contribution in [2.45, 2.75) is 0 Å². The summed E-state index contributed by atoms with van der Waals surface area (Å²) >= 11 is 0. The van der Waals surface area contributed by atoms with Crippen molar-refractivity contribution in [2.24, 2.45) is 0 Å². The molecule has 0 bridgehead atoms. The first-order valence-electron chi connectivity index (χ1n) is 20.5. The Morgan fingerprint density at radius 1 is 0.230 bits per heavy atom. The molecule has 0 amide bonds. The minimum atomic E-state index is 0.597. The lowest BCUT2D eigenvalue weighted by Crippen LogP contribution is -2.13. The van der Waals surface area contributed by atoms with Gasteiger partial charge < -0.3 is 4.90 Å². The van der Waals surface area contributed by atoms with E-state index in [0.717, 1.165) is 67.1 Å². The summed E-state index contributed by atoms with van der Waals surface area (Å²) in [5.74, 6) is 1.84. The minimum absolute atomic E-state index is 0.597. The molecular formula is C57H40N4. The Balaban J connectivity index is 1.24. The van der Waals surface area contributed by atoms with Crippen molar-refractivity contribution in [1.82, 2.24) is 15.0 Å². The van der Waals surface area contributed by atoms with Crippen molar-refractivity contribution < 1.29 is 0 Å². The molecule has 61 heavy (non-hydrogen) atoms.